The Bertz CT molecular complexity index is 226. The van der Waals surface area contributed by atoms with Gasteiger partial charge >= 0.3 is 0 Å². The highest BCUT2D eigenvalue weighted by atomic mass is 35.5. The monoisotopic (exact) mass is 214 g/mol. The van der Waals surface area contributed by atoms with Gasteiger partial charge in [-0.15, -0.1) is 11.6 Å². The number of halogens is 1. The zero-order valence-electron chi connectivity index (χ0n) is 8.12. The average molecular weight is 215 g/mol. The predicted molar refractivity (Wildman–Crippen MR) is 58.1 cm³/mol. The van der Waals surface area contributed by atoms with E-state index in [1.807, 2.05) is 30.3 Å². The second-order valence-corrected chi connectivity index (χ2v) is 3.19. The standard InChI is InChI=1S/C11H15ClO2/c12-7-4-8-13-9-10-14-11-5-2-1-3-6-11/h1-3,5-6H,4,7-10H2. The molecule has 78 valence electrons. The van der Waals surface area contributed by atoms with E-state index in [2.05, 4.69) is 0 Å². The van der Waals surface area contributed by atoms with Crippen molar-refractivity contribution in [2.75, 3.05) is 25.7 Å². The van der Waals surface area contributed by atoms with Crippen LogP contribution < -0.4 is 4.74 Å². The van der Waals surface area contributed by atoms with Gasteiger partial charge in [-0.3, -0.25) is 0 Å². The molecule has 0 amide bonds. The van der Waals surface area contributed by atoms with Crippen molar-refractivity contribution in [3.8, 4) is 5.75 Å². The molecule has 1 aromatic carbocycles. The lowest BCUT2D eigenvalue weighted by Crippen LogP contribution is -2.07. The zero-order chi connectivity index (χ0) is 10.1. The molecule has 0 aromatic heterocycles. The van der Waals surface area contributed by atoms with Crippen LogP contribution >= 0.6 is 11.6 Å². The average Bonchev–Trinajstić information content (AvgIpc) is 2.25. The SMILES string of the molecule is ClCCCOCCOc1ccccc1. The highest BCUT2D eigenvalue weighted by molar-refractivity contribution is 6.17. The van der Waals surface area contributed by atoms with Gasteiger partial charge in [0.2, 0.25) is 0 Å². The first-order chi connectivity index (χ1) is 6.93. The van der Waals surface area contributed by atoms with E-state index in [1.54, 1.807) is 0 Å². The summed E-state index contributed by atoms with van der Waals surface area (Å²) in [4.78, 5) is 0. The summed E-state index contributed by atoms with van der Waals surface area (Å²) in [5.74, 6) is 1.54. The topological polar surface area (TPSA) is 18.5 Å². The van der Waals surface area contributed by atoms with Crippen molar-refractivity contribution in [3.05, 3.63) is 30.3 Å². The molecule has 0 spiro atoms. The summed E-state index contributed by atoms with van der Waals surface area (Å²) in [5.41, 5.74) is 0. The van der Waals surface area contributed by atoms with Crippen LogP contribution in [0.15, 0.2) is 30.3 Å². The van der Waals surface area contributed by atoms with E-state index < -0.39 is 0 Å². The summed E-state index contributed by atoms with van der Waals surface area (Å²) in [6, 6.07) is 9.72. The Morgan fingerprint density at radius 2 is 1.79 bits per heavy atom. The summed E-state index contributed by atoms with van der Waals surface area (Å²) in [7, 11) is 0. The molecule has 1 rings (SSSR count). The van der Waals surface area contributed by atoms with Crippen LogP contribution in [0.2, 0.25) is 0 Å². The van der Waals surface area contributed by atoms with Crippen molar-refractivity contribution in [3.63, 3.8) is 0 Å². The number of rotatable bonds is 7. The van der Waals surface area contributed by atoms with Gasteiger partial charge in [0, 0.05) is 12.5 Å². The van der Waals surface area contributed by atoms with Gasteiger partial charge in [-0.25, -0.2) is 0 Å². The van der Waals surface area contributed by atoms with Crippen molar-refractivity contribution in [1.82, 2.24) is 0 Å². The third-order valence-electron chi connectivity index (χ3n) is 1.66. The van der Waals surface area contributed by atoms with Crippen molar-refractivity contribution in [2.24, 2.45) is 0 Å². The molecule has 0 N–H and O–H groups in total. The summed E-state index contributed by atoms with van der Waals surface area (Å²) >= 11 is 5.50. The third-order valence-corrected chi connectivity index (χ3v) is 1.93. The minimum atomic E-state index is 0.590. The molecule has 0 aliphatic rings. The van der Waals surface area contributed by atoms with Gasteiger partial charge in [-0.1, -0.05) is 18.2 Å². The first kappa shape index (κ1) is 11.3. The molecule has 0 aliphatic heterocycles. The van der Waals surface area contributed by atoms with E-state index in [1.165, 1.54) is 0 Å². The number of hydrogen-bond acceptors (Lipinski definition) is 2. The van der Waals surface area contributed by atoms with Gasteiger partial charge in [0.1, 0.15) is 12.4 Å². The van der Waals surface area contributed by atoms with Crippen LogP contribution in [-0.4, -0.2) is 25.7 Å². The number of para-hydroxylation sites is 1. The second-order valence-electron chi connectivity index (χ2n) is 2.82. The van der Waals surface area contributed by atoms with Crippen LogP contribution in [0.3, 0.4) is 0 Å². The molecule has 1 aromatic rings. The van der Waals surface area contributed by atoms with E-state index in [-0.39, 0.29) is 0 Å². The normalized spacial score (nSPS) is 10.1. The van der Waals surface area contributed by atoms with Crippen molar-refractivity contribution < 1.29 is 9.47 Å². The molecule has 0 heterocycles. The van der Waals surface area contributed by atoms with Crippen LogP contribution in [0.5, 0.6) is 5.75 Å². The molecule has 0 fully saturated rings. The molecular weight excluding hydrogens is 200 g/mol. The van der Waals surface area contributed by atoms with E-state index in [9.17, 15) is 0 Å². The van der Waals surface area contributed by atoms with Crippen LogP contribution in [0.25, 0.3) is 0 Å². The Balaban J connectivity index is 1.99. The first-order valence-corrected chi connectivity index (χ1v) is 5.28. The van der Waals surface area contributed by atoms with Gasteiger partial charge in [0.25, 0.3) is 0 Å². The Labute approximate surface area is 89.8 Å². The number of ether oxygens (including phenoxy) is 2. The van der Waals surface area contributed by atoms with Gasteiger partial charge < -0.3 is 9.47 Å². The minimum Gasteiger partial charge on any atom is -0.491 e. The van der Waals surface area contributed by atoms with Crippen molar-refractivity contribution in [2.45, 2.75) is 6.42 Å². The lowest BCUT2D eigenvalue weighted by molar-refractivity contribution is 0.101. The molecule has 3 heteroatoms. The first-order valence-electron chi connectivity index (χ1n) is 4.75. The molecule has 0 atom stereocenters. The quantitative estimate of drug-likeness (QED) is 0.513. The van der Waals surface area contributed by atoms with Crippen molar-refractivity contribution in [1.29, 1.82) is 0 Å². The summed E-state index contributed by atoms with van der Waals surface area (Å²) in [5, 5.41) is 0. The molecule has 0 saturated carbocycles. The lowest BCUT2D eigenvalue weighted by atomic mass is 10.3. The molecule has 0 saturated heterocycles. The van der Waals surface area contributed by atoms with E-state index in [4.69, 9.17) is 21.1 Å². The summed E-state index contributed by atoms with van der Waals surface area (Å²) in [6.07, 6.45) is 0.896. The molecular formula is C11H15ClO2. The van der Waals surface area contributed by atoms with E-state index in [0.717, 1.165) is 12.2 Å². The molecule has 14 heavy (non-hydrogen) atoms. The maximum Gasteiger partial charge on any atom is 0.119 e. The molecule has 0 radical (unpaired) electrons. The maximum absolute atomic E-state index is 5.50. The highest BCUT2D eigenvalue weighted by Crippen LogP contribution is 2.07. The van der Waals surface area contributed by atoms with Crippen LogP contribution in [0.1, 0.15) is 6.42 Å². The Hall–Kier alpha value is -0.730. The molecule has 0 unspecified atom stereocenters. The van der Waals surface area contributed by atoms with Crippen molar-refractivity contribution >= 4 is 11.6 Å². The fraction of sp³-hybridized carbons (Fsp3) is 0.455. The number of alkyl halides is 1. The number of benzene rings is 1. The Morgan fingerprint density at radius 1 is 1.00 bits per heavy atom. The highest BCUT2D eigenvalue weighted by Gasteiger charge is 1.91. The van der Waals surface area contributed by atoms with Gasteiger partial charge in [-0.2, -0.15) is 0 Å². The summed E-state index contributed by atoms with van der Waals surface area (Å²) in [6.45, 7) is 1.92. The van der Waals surface area contributed by atoms with Crippen LogP contribution in [0, 0.1) is 0 Å². The third kappa shape index (κ3) is 5.10. The lowest BCUT2D eigenvalue weighted by Gasteiger charge is -2.05. The predicted octanol–water partition coefficient (Wildman–Crippen LogP) is 2.71. The molecule has 0 bridgehead atoms. The van der Waals surface area contributed by atoms with E-state index >= 15 is 0 Å². The smallest absolute Gasteiger partial charge is 0.119 e. The summed E-state index contributed by atoms with van der Waals surface area (Å²) < 4.78 is 10.7. The van der Waals surface area contributed by atoms with Crippen LogP contribution in [0.4, 0.5) is 0 Å². The largest absolute Gasteiger partial charge is 0.491 e. The fourth-order valence-electron chi connectivity index (χ4n) is 0.994. The maximum atomic E-state index is 5.50. The van der Waals surface area contributed by atoms with Gasteiger partial charge in [0.05, 0.1) is 6.61 Å². The Morgan fingerprint density at radius 3 is 2.50 bits per heavy atom. The Kier molecular flexibility index (Phi) is 6.20. The molecule has 0 aliphatic carbocycles. The van der Waals surface area contributed by atoms with Gasteiger partial charge in [0.15, 0.2) is 0 Å². The molecule has 2 nitrogen and oxygen atoms in total. The number of hydrogen-bond donors (Lipinski definition) is 0. The minimum absolute atomic E-state index is 0.590. The second kappa shape index (κ2) is 7.65. The zero-order valence-corrected chi connectivity index (χ0v) is 8.87. The van der Waals surface area contributed by atoms with Gasteiger partial charge in [-0.05, 0) is 18.6 Å². The van der Waals surface area contributed by atoms with Crippen LogP contribution in [-0.2, 0) is 4.74 Å². The fourth-order valence-corrected chi connectivity index (χ4v) is 1.10. The van der Waals surface area contributed by atoms with E-state index in [0.29, 0.717) is 25.7 Å².